The molecular formula is C25H20ClN3O2S. The number of halogens is 1. The third-order valence-corrected chi connectivity index (χ3v) is 6.13. The number of amides is 1. The summed E-state index contributed by atoms with van der Waals surface area (Å²) >= 11 is 8.02. The molecule has 1 N–H and O–H groups in total. The van der Waals surface area contributed by atoms with Gasteiger partial charge in [-0.2, -0.15) is 5.10 Å². The Kier molecular flexibility index (Phi) is 7.04. The number of nitrogens with zero attached hydrogens (tertiary/aromatic N) is 2. The molecule has 0 atom stereocenters. The van der Waals surface area contributed by atoms with Crippen molar-refractivity contribution in [2.75, 3.05) is 7.11 Å². The Balaban J connectivity index is 1.37. The number of hydrogen-bond acceptors (Lipinski definition) is 5. The average Bonchev–Trinajstić information content (AvgIpc) is 2.83. The summed E-state index contributed by atoms with van der Waals surface area (Å²) in [6.45, 7) is 0. The molecule has 0 aliphatic carbocycles. The van der Waals surface area contributed by atoms with Gasteiger partial charge in [-0.1, -0.05) is 41.9 Å². The first-order valence-corrected chi connectivity index (χ1v) is 11.2. The van der Waals surface area contributed by atoms with Gasteiger partial charge >= 0.3 is 0 Å². The lowest BCUT2D eigenvalue weighted by Crippen LogP contribution is -2.17. The molecule has 0 radical (unpaired) electrons. The van der Waals surface area contributed by atoms with Crippen LogP contribution in [-0.4, -0.2) is 24.2 Å². The zero-order valence-corrected chi connectivity index (χ0v) is 18.9. The number of ether oxygens (including phenoxy) is 1. The molecule has 1 amide bonds. The number of benzene rings is 3. The van der Waals surface area contributed by atoms with Crippen LogP contribution in [0.5, 0.6) is 5.75 Å². The fourth-order valence-electron chi connectivity index (χ4n) is 3.02. The molecule has 0 fully saturated rings. The Morgan fingerprint density at radius 1 is 1.09 bits per heavy atom. The van der Waals surface area contributed by atoms with Crippen molar-refractivity contribution in [3.05, 3.63) is 101 Å². The normalized spacial score (nSPS) is 11.1. The Hall–Kier alpha value is -3.35. The number of hydrazone groups is 1. The SMILES string of the molecule is COc1ccc2cc(/C=N\NC(=O)c3ccc(CSc4ccccc4)cc3)c(Cl)nc2c1. The highest BCUT2D eigenvalue weighted by atomic mass is 35.5. The zero-order valence-electron chi connectivity index (χ0n) is 17.3. The number of hydrogen-bond donors (Lipinski definition) is 1. The third kappa shape index (κ3) is 5.46. The van der Waals surface area contributed by atoms with Crippen molar-refractivity contribution in [3.8, 4) is 5.75 Å². The van der Waals surface area contributed by atoms with Crippen LogP contribution in [0.4, 0.5) is 0 Å². The first-order valence-electron chi connectivity index (χ1n) is 9.87. The largest absolute Gasteiger partial charge is 0.497 e. The topological polar surface area (TPSA) is 63.6 Å². The molecule has 160 valence electrons. The van der Waals surface area contributed by atoms with Crippen molar-refractivity contribution < 1.29 is 9.53 Å². The molecule has 0 aliphatic rings. The van der Waals surface area contributed by atoms with Crippen molar-refractivity contribution in [1.29, 1.82) is 0 Å². The summed E-state index contributed by atoms with van der Waals surface area (Å²) in [5.41, 5.74) is 5.55. The van der Waals surface area contributed by atoms with E-state index in [0.717, 1.165) is 22.2 Å². The average molecular weight is 462 g/mol. The highest BCUT2D eigenvalue weighted by Gasteiger charge is 2.07. The molecule has 1 aromatic heterocycles. The van der Waals surface area contributed by atoms with E-state index in [-0.39, 0.29) is 5.91 Å². The fraction of sp³-hybridized carbons (Fsp3) is 0.0800. The first-order chi connectivity index (χ1) is 15.6. The van der Waals surface area contributed by atoms with E-state index in [0.29, 0.717) is 22.0 Å². The van der Waals surface area contributed by atoms with Gasteiger partial charge in [0, 0.05) is 33.2 Å². The highest BCUT2D eigenvalue weighted by Crippen LogP contribution is 2.24. The maximum Gasteiger partial charge on any atom is 0.271 e. The summed E-state index contributed by atoms with van der Waals surface area (Å²) in [6, 6.07) is 25.1. The van der Waals surface area contributed by atoms with Gasteiger partial charge in [-0.15, -0.1) is 11.8 Å². The second kappa shape index (κ2) is 10.3. The van der Waals surface area contributed by atoms with Crippen molar-refractivity contribution in [3.63, 3.8) is 0 Å². The van der Waals surface area contributed by atoms with Gasteiger partial charge in [-0.05, 0) is 48.0 Å². The molecule has 0 aliphatic heterocycles. The second-order valence-corrected chi connectivity index (χ2v) is 8.33. The van der Waals surface area contributed by atoms with Gasteiger partial charge in [0.25, 0.3) is 5.91 Å². The van der Waals surface area contributed by atoms with Crippen LogP contribution in [0.2, 0.25) is 5.15 Å². The Morgan fingerprint density at radius 2 is 1.88 bits per heavy atom. The highest BCUT2D eigenvalue weighted by molar-refractivity contribution is 7.98. The third-order valence-electron chi connectivity index (χ3n) is 4.74. The predicted octanol–water partition coefficient (Wildman–Crippen LogP) is 5.95. The number of nitrogens with one attached hydrogen (secondary N) is 1. The lowest BCUT2D eigenvalue weighted by molar-refractivity contribution is 0.0955. The quantitative estimate of drug-likeness (QED) is 0.160. The molecule has 0 spiro atoms. The molecule has 1 heterocycles. The first kappa shape index (κ1) is 21.9. The Bertz CT molecular complexity index is 1260. The van der Waals surface area contributed by atoms with Crippen LogP contribution >= 0.6 is 23.4 Å². The molecule has 4 rings (SSSR count). The second-order valence-electron chi connectivity index (χ2n) is 6.92. The number of aromatic nitrogens is 1. The molecule has 0 bridgehead atoms. The van der Waals surface area contributed by atoms with E-state index in [4.69, 9.17) is 16.3 Å². The van der Waals surface area contributed by atoms with Gasteiger partial charge < -0.3 is 4.74 Å². The minimum atomic E-state index is -0.293. The number of carbonyl (C=O) groups is 1. The maximum absolute atomic E-state index is 12.4. The number of fused-ring (bicyclic) bond motifs is 1. The van der Waals surface area contributed by atoms with Crippen molar-refractivity contribution in [2.24, 2.45) is 5.10 Å². The number of methoxy groups -OCH3 is 1. The number of carbonyl (C=O) groups excluding carboxylic acids is 1. The van der Waals surface area contributed by atoms with Crippen LogP contribution < -0.4 is 10.2 Å². The minimum absolute atomic E-state index is 0.293. The van der Waals surface area contributed by atoms with Crippen LogP contribution in [0.15, 0.2) is 88.9 Å². The van der Waals surface area contributed by atoms with Gasteiger partial charge in [-0.3, -0.25) is 4.79 Å². The van der Waals surface area contributed by atoms with Gasteiger partial charge in [0.15, 0.2) is 0 Å². The summed E-state index contributed by atoms with van der Waals surface area (Å²) in [7, 11) is 1.60. The van der Waals surface area contributed by atoms with Crippen molar-refractivity contribution in [2.45, 2.75) is 10.6 Å². The zero-order chi connectivity index (χ0) is 22.3. The fourth-order valence-corrected chi connectivity index (χ4v) is 4.09. The number of pyridine rings is 1. The summed E-state index contributed by atoms with van der Waals surface area (Å²) in [5.74, 6) is 1.25. The van der Waals surface area contributed by atoms with Gasteiger partial charge in [0.05, 0.1) is 18.8 Å². The van der Waals surface area contributed by atoms with Crippen molar-refractivity contribution in [1.82, 2.24) is 10.4 Å². The van der Waals surface area contributed by atoms with Crippen molar-refractivity contribution >= 4 is 46.4 Å². The Labute approximate surface area is 195 Å². The Morgan fingerprint density at radius 3 is 2.62 bits per heavy atom. The van der Waals surface area contributed by atoms with Gasteiger partial charge in [0.1, 0.15) is 10.9 Å². The van der Waals surface area contributed by atoms with E-state index in [9.17, 15) is 4.79 Å². The standard InChI is InChI=1S/C25H20ClN3O2S/c1-31-21-12-11-19-13-20(24(26)28-23(19)14-21)15-27-29-25(30)18-9-7-17(8-10-18)16-32-22-5-3-2-4-6-22/h2-15H,16H2,1H3,(H,29,30)/b27-15-. The monoisotopic (exact) mass is 461 g/mol. The summed E-state index contributed by atoms with van der Waals surface area (Å²) < 4.78 is 5.21. The number of rotatable bonds is 7. The van der Waals surface area contributed by atoms with Crippen LogP contribution in [0, 0.1) is 0 Å². The van der Waals surface area contributed by atoms with Crippen LogP contribution in [0.3, 0.4) is 0 Å². The molecule has 0 saturated heterocycles. The van der Waals surface area contributed by atoms with Crippen LogP contribution in [0.1, 0.15) is 21.5 Å². The molecule has 0 saturated carbocycles. The summed E-state index contributed by atoms with van der Waals surface area (Å²) in [5, 5.41) is 5.23. The van der Waals surface area contributed by atoms with Gasteiger partial charge in [0.2, 0.25) is 0 Å². The van der Waals surface area contributed by atoms with E-state index in [1.807, 2.05) is 54.6 Å². The van der Waals surface area contributed by atoms with Crippen LogP contribution in [-0.2, 0) is 5.75 Å². The molecule has 7 heteroatoms. The van der Waals surface area contributed by atoms with E-state index in [1.54, 1.807) is 31.0 Å². The molecule has 0 unspecified atom stereocenters. The molecule has 4 aromatic rings. The molecule has 32 heavy (non-hydrogen) atoms. The van der Waals surface area contributed by atoms with E-state index < -0.39 is 0 Å². The number of thioether (sulfide) groups is 1. The molecular weight excluding hydrogens is 442 g/mol. The molecule has 3 aromatic carbocycles. The summed E-state index contributed by atoms with van der Waals surface area (Å²) in [4.78, 5) is 18.0. The summed E-state index contributed by atoms with van der Waals surface area (Å²) in [6.07, 6.45) is 1.49. The minimum Gasteiger partial charge on any atom is -0.497 e. The maximum atomic E-state index is 12.4. The molecule has 5 nitrogen and oxygen atoms in total. The van der Waals surface area contributed by atoms with Crippen LogP contribution in [0.25, 0.3) is 10.9 Å². The van der Waals surface area contributed by atoms with Gasteiger partial charge in [-0.25, -0.2) is 10.4 Å². The smallest absolute Gasteiger partial charge is 0.271 e. The van der Waals surface area contributed by atoms with E-state index in [1.165, 1.54) is 11.1 Å². The lowest BCUT2D eigenvalue weighted by Gasteiger charge is -2.05. The van der Waals surface area contributed by atoms with E-state index >= 15 is 0 Å². The lowest BCUT2D eigenvalue weighted by atomic mass is 10.1. The van der Waals surface area contributed by atoms with E-state index in [2.05, 4.69) is 27.6 Å². The predicted molar refractivity (Wildman–Crippen MR) is 131 cm³/mol.